The largest absolute Gasteiger partial charge is 0.409 e. The van der Waals surface area contributed by atoms with Gasteiger partial charge in [0.25, 0.3) is 0 Å². The summed E-state index contributed by atoms with van der Waals surface area (Å²) < 4.78 is 36.3. The van der Waals surface area contributed by atoms with E-state index in [0.717, 1.165) is 11.3 Å². The first kappa shape index (κ1) is 9.94. The Morgan fingerprint density at radius 1 is 1.58 bits per heavy atom. The lowest BCUT2D eigenvalue weighted by molar-refractivity contribution is -0.149. The van der Waals surface area contributed by atoms with Crippen molar-refractivity contribution >= 4 is 27.3 Å². The van der Waals surface area contributed by atoms with Crippen molar-refractivity contribution in [2.75, 3.05) is 0 Å². The molecule has 1 unspecified atom stereocenters. The summed E-state index contributed by atoms with van der Waals surface area (Å²) >= 11 is 4.03. The lowest BCUT2D eigenvalue weighted by Crippen LogP contribution is -2.28. The highest BCUT2D eigenvalue weighted by atomic mass is 79.9. The van der Waals surface area contributed by atoms with Gasteiger partial charge in [-0.3, -0.25) is 0 Å². The SMILES string of the molecule is NC(c1csc(Br)n1)C(F)(F)F. The average molecular weight is 261 g/mol. The molecule has 0 saturated carbocycles. The highest BCUT2D eigenvalue weighted by Crippen LogP contribution is 2.31. The number of aromatic nitrogens is 1. The van der Waals surface area contributed by atoms with Crippen LogP contribution in [0.4, 0.5) is 13.2 Å². The topological polar surface area (TPSA) is 38.9 Å². The highest BCUT2D eigenvalue weighted by Gasteiger charge is 2.39. The van der Waals surface area contributed by atoms with E-state index in [1.807, 2.05) is 0 Å². The fraction of sp³-hybridized carbons (Fsp3) is 0.400. The molecule has 0 aromatic carbocycles. The number of halogens is 4. The maximum absolute atomic E-state index is 12.0. The first-order valence-electron chi connectivity index (χ1n) is 2.84. The van der Waals surface area contributed by atoms with Crippen molar-refractivity contribution in [3.8, 4) is 0 Å². The summed E-state index contributed by atoms with van der Waals surface area (Å²) in [6.45, 7) is 0. The van der Waals surface area contributed by atoms with E-state index in [2.05, 4.69) is 20.9 Å². The summed E-state index contributed by atoms with van der Waals surface area (Å²) in [4.78, 5) is 3.57. The van der Waals surface area contributed by atoms with Crippen molar-refractivity contribution in [2.24, 2.45) is 5.73 Å². The minimum absolute atomic E-state index is 0.153. The quantitative estimate of drug-likeness (QED) is 0.843. The zero-order valence-electron chi connectivity index (χ0n) is 5.60. The summed E-state index contributed by atoms with van der Waals surface area (Å²) in [6.07, 6.45) is -4.42. The molecule has 1 atom stereocenters. The second-order valence-corrected chi connectivity index (χ2v) is 4.18. The molecule has 7 heteroatoms. The van der Waals surface area contributed by atoms with Crippen LogP contribution in [0.1, 0.15) is 11.7 Å². The number of nitrogens with zero attached hydrogens (tertiary/aromatic N) is 1. The van der Waals surface area contributed by atoms with Gasteiger partial charge in [-0.15, -0.1) is 11.3 Å². The normalized spacial score (nSPS) is 14.8. The third-order valence-electron chi connectivity index (χ3n) is 1.17. The van der Waals surface area contributed by atoms with Gasteiger partial charge in [-0.2, -0.15) is 13.2 Å². The van der Waals surface area contributed by atoms with Gasteiger partial charge < -0.3 is 5.73 Å². The molecule has 0 aliphatic rings. The van der Waals surface area contributed by atoms with E-state index < -0.39 is 12.2 Å². The summed E-state index contributed by atoms with van der Waals surface area (Å²) in [5.74, 6) is 0. The Kier molecular flexibility index (Phi) is 2.74. The molecule has 1 heterocycles. The number of nitrogens with two attached hydrogens (primary N) is 1. The molecular weight excluding hydrogens is 257 g/mol. The maximum Gasteiger partial charge on any atom is 0.409 e. The molecular formula is C5H4BrF3N2S. The predicted molar refractivity (Wildman–Crippen MR) is 42.8 cm³/mol. The van der Waals surface area contributed by atoms with Gasteiger partial charge in [0.05, 0.1) is 5.69 Å². The molecule has 0 saturated heterocycles. The van der Waals surface area contributed by atoms with E-state index >= 15 is 0 Å². The molecule has 1 aromatic rings. The molecule has 0 fully saturated rings. The van der Waals surface area contributed by atoms with E-state index in [4.69, 9.17) is 5.73 Å². The van der Waals surface area contributed by atoms with Crippen molar-refractivity contribution in [1.82, 2.24) is 4.98 Å². The first-order valence-corrected chi connectivity index (χ1v) is 4.51. The lowest BCUT2D eigenvalue weighted by Gasteiger charge is -2.12. The minimum Gasteiger partial charge on any atom is -0.315 e. The van der Waals surface area contributed by atoms with Crippen LogP contribution in [0.2, 0.25) is 0 Å². The van der Waals surface area contributed by atoms with Gasteiger partial charge in [0.1, 0.15) is 6.04 Å². The Hall–Kier alpha value is -0.140. The van der Waals surface area contributed by atoms with Crippen LogP contribution in [-0.4, -0.2) is 11.2 Å². The maximum atomic E-state index is 12.0. The van der Waals surface area contributed by atoms with Crippen molar-refractivity contribution in [3.05, 3.63) is 15.0 Å². The molecule has 2 N–H and O–H groups in total. The number of alkyl halides is 3. The Morgan fingerprint density at radius 2 is 2.17 bits per heavy atom. The summed E-state index contributed by atoms with van der Waals surface area (Å²) in [5.41, 5.74) is 4.73. The van der Waals surface area contributed by atoms with Crippen LogP contribution in [-0.2, 0) is 0 Å². The fourth-order valence-corrected chi connectivity index (χ4v) is 1.63. The highest BCUT2D eigenvalue weighted by molar-refractivity contribution is 9.11. The van der Waals surface area contributed by atoms with E-state index in [9.17, 15) is 13.2 Å². The van der Waals surface area contributed by atoms with Gasteiger partial charge in [0.15, 0.2) is 3.92 Å². The third-order valence-corrected chi connectivity index (χ3v) is 2.55. The van der Waals surface area contributed by atoms with Crippen LogP contribution in [0.15, 0.2) is 9.30 Å². The minimum atomic E-state index is -4.42. The molecule has 0 aliphatic carbocycles. The molecule has 0 radical (unpaired) electrons. The van der Waals surface area contributed by atoms with Crippen LogP contribution < -0.4 is 5.73 Å². The van der Waals surface area contributed by atoms with Gasteiger partial charge >= 0.3 is 6.18 Å². The molecule has 1 aromatic heterocycles. The molecule has 68 valence electrons. The Morgan fingerprint density at radius 3 is 2.50 bits per heavy atom. The van der Waals surface area contributed by atoms with Gasteiger partial charge in [-0.25, -0.2) is 4.98 Å². The lowest BCUT2D eigenvalue weighted by atomic mass is 10.2. The van der Waals surface area contributed by atoms with Crippen LogP contribution in [0, 0.1) is 0 Å². The summed E-state index contributed by atoms with van der Waals surface area (Å²) in [7, 11) is 0. The van der Waals surface area contributed by atoms with E-state index in [1.165, 1.54) is 5.38 Å². The van der Waals surface area contributed by atoms with Crippen LogP contribution in [0.3, 0.4) is 0 Å². The fourth-order valence-electron chi connectivity index (χ4n) is 0.574. The van der Waals surface area contributed by atoms with Gasteiger partial charge in [-0.05, 0) is 15.9 Å². The summed E-state index contributed by atoms with van der Waals surface area (Å²) in [6, 6.07) is -1.99. The van der Waals surface area contributed by atoms with Crippen molar-refractivity contribution < 1.29 is 13.2 Å². The van der Waals surface area contributed by atoms with E-state index in [1.54, 1.807) is 0 Å². The Labute approximate surface area is 78.7 Å². The van der Waals surface area contributed by atoms with Crippen LogP contribution in [0.25, 0.3) is 0 Å². The molecule has 1 rings (SSSR count). The molecule has 0 amide bonds. The third kappa shape index (κ3) is 2.18. The molecule has 0 bridgehead atoms. The number of hydrogen-bond acceptors (Lipinski definition) is 3. The predicted octanol–water partition coefficient (Wildman–Crippen LogP) is 2.47. The zero-order valence-corrected chi connectivity index (χ0v) is 8.00. The Bertz CT molecular complexity index is 272. The second-order valence-electron chi connectivity index (χ2n) is 2.04. The Balaban J connectivity index is 2.85. The molecule has 12 heavy (non-hydrogen) atoms. The van der Waals surface area contributed by atoms with Crippen molar-refractivity contribution in [3.63, 3.8) is 0 Å². The van der Waals surface area contributed by atoms with Gasteiger partial charge in [-0.1, -0.05) is 0 Å². The first-order chi connectivity index (χ1) is 5.41. The number of thiazole rings is 1. The number of hydrogen-bond donors (Lipinski definition) is 1. The molecule has 0 spiro atoms. The van der Waals surface area contributed by atoms with Crippen LogP contribution >= 0.6 is 27.3 Å². The van der Waals surface area contributed by atoms with Crippen molar-refractivity contribution in [2.45, 2.75) is 12.2 Å². The number of rotatable bonds is 1. The second kappa shape index (κ2) is 3.31. The van der Waals surface area contributed by atoms with Gasteiger partial charge in [0.2, 0.25) is 0 Å². The van der Waals surface area contributed by atoms with Gasteiger partial charge in [0, 0.05) is 5.38 Å². The zero-order chi connectivity index (χ0) is 9.35. The van der Waals surface area contributed by atoms with E-state index in [0.29, 0.717) is 3.92 Å². The molecule has 0 aliphatic heterocycles. The smallest absolute Gasteiger partial charge is 0.315 e. The van der Waals surface area contributed by atoms with Crippen molar-refractivity contribution in [1.29, 1.82) is 0 Å². The standard InChI is InChI=1S/C5H4BrF3N2S/c6-4-11-2(1-12-4)3(10)5(7,8)9/h1,3H,10H2. The summed E-state index contributed by atoms with van der Waals surface area (Å²) in [5, 5.41) is 1.28. The average Bonchev–Trinajstić information content (AvgIpc) is 2.32. The molecule has 2 nitrogen and oxygen atoms in total. The van der Waals surface area contributed by atoms with E-state index in [-0.39, 0.29) is 5.69 Å². The van der Waals surface area contributed by atoms with Crippen LogP contribution in [0.5, 0.6) is 0 Å². The monoisotopic (exact) mass is 260 g/mol.